The summed E-state index contributed by atoms with van der Waals surface area (Å²) in [6.45, 7) is 4.59. The minimum absolute atomic E-state index is 0.0164. The van der Waals surface area contributed by atoms with Gasteiger partial charge in [0.05, 0.1) is 5.38 Å². The second kappa shape index (κ2) is 4.99. The molecule has 0 radical (unpaired) electrons. The van der Waals surface area contributed by atoms with E-state index in [1.165, 1.54) is 19.3 Å². The summed E-state index contributed by atoms with van der Waals surface area (Å²) in [6.07, 6.45) is 3.68. The highest BCUT2D eigenvalue weighted by Crippen LogP contribution is 2.52. The molecule has 2 rings (SSSR count). The van der Waals surface area contributed by atoms with Crippen LogP contribution in [0.3, 0.4) is 0 Å². The van der Waals surface area contributed by atoms with Crippen molar-refractivity contribution in [2.24, 2.45) is 11.3 Å². The van der Waals surface area contributed by atoms with Crippen LogP contribution in [0, 0.1) is 11.3 Å². The van der Waals surface area contributed by atoms with Crippen molar-refractivity contribution in [3.8, 4) is 0 Å². The molecule has 0 amide bonds. The minimum atomic E-state index is -0.0164. The van der Waals surface area contributed by atoms with Gasteiger partial charge in [0.15, 0.2) is 0 Å². The third kappa shape index (κ3) is 2.75. The Labute approximate surface area is 118 Å². The molecule has 0 N–H and O–H groups in total. The summed E-state index contributed by atoms with van der Waals surface area (Å²) in [5.74, 6) is 0.489. The Bertz CT molecular complexity index is 412. The van der Waals surface area contributed by atoms with Crippen LogP contribution in [0.2, 0.25) is 10.0 Å². The number of alkyl halides is 1. The second-order valence-corrected chi connectivity index (χ2v) is 6.87. The molecule has 0 heterocycles. The largest absolute Gasteiger partial charge is 0.117 e. The molecule has 17 heavy (non-hydrogen) atoms. The van der Waals surface area contributed by atoms with Crippen LogP contribution in [0.5, 0.6) is 0 Å². The van der Waals surface area contributed by atoms with E-state index >= 15 is 0 Å². The van der Waals surface area contributed by atoms with Crippen molar-refractivity contribution in [3.05, 3.63) is 33.8 Å². The van der Waals surface area contributed by atoms with Crippen LogP contribution in [-0.2, 0) is 0 Å². The van der Waals surface area contributed by atoms with Gasteiger partial charge in [-0.1, -0.05) is 49.5 Å². The van der Waals surface area contributed by atoms with Crippen LogP contribution < -0.4 is 0 Å². The van der Waals surface area contributed by atoms with Crippen molar-refractivity contribution in [1.82, 2.24) is 0 Å². The second-order valence-electron chi connectivity index (χ2n) is 5.55. The van der Waals surface area contributed by atoms with E-state index in [1.54, 1.807) is 6.07 Å². The summed E-state index contributed by atoms with van der Waals surface area (Å²) in [5, 5.41) is 1.32. The Balaban J connectivity index is 2.28. The minimum Gasteiger partial charge on any atom is -0.117 e. The summed E-state index contributed by atoms with van der Waals surface area (Å²) in [7, 11) is 0. The maximum Gasteiger partial charge on any atom is 0.0633 e. The van der Waals surface area contributed by atoms with E-state index in [1.807, 2.05) is 12.1 Å². The Morgan fingerprint density at radius 3 is 2.53 bits per heavy atom. The van der Waals surface area contributed by atoms with Gasteiger partial charge in [-0.2, -0.15) is 0 Å². The summed E-state index contributed by atoms with van der Waals surface area (Å²) in [5.41, 5.74) is 1.31. The molecule has 1 fully saturated rings. The molecular formula is C14H17Cl3. The highest BCUT2D eigenvalue weighted by atomic mass is 35.5. The fourth-order valence-corrected chi connectivity index (χ4v) is 4.08. The normalized spacial score (nSPS) is 24.9. The maximum absolute atomic E-state index is 6.63. The van der Waals surface area contributed by atoms with Crippen molar-refractivity contribution >= 4 is 34.8 Å². The van der Waals surface area contributed by atoms with Crippen molar-refractivity contribution in [1.29, 1.82) is 0 Å². The highest BCUT2D eigenvalue weighted by Gasteiger charge is 2.39. The first-order valence-corrected chi connectivity index (χ1v) is 7.20. The zero-order valence-corrected chi connectivity index (χ0v) is 12.4. The fraction of sp³-hybridized carbons (Fsp3) is 0.571. The van der Waals surface area contributed by atoms with Crippen LogP contribution in [0.15, 0.2) is 18.2 Å². The standard InChI is InChI=1S/C14H17Cl3/c1-14(2)7-3-4-11(14)13(17)10-6-5-9(15)8-12(10)16/h5-6,8,11,13H,3-4,7H2,1-2H3. The van der Waals surface area contributed by atoms with Crippen LogP contribution in [0.25, 0.3) is 0 Å². The van der Waals surface area contributed by atoms with E-state index in [0.717, 1.165) is 5.56 Å². The van der Waals surface area contributed by atoms with E-state index < -0.39 is 0 Å². The van der Waals surface area contributed by atoms with Crippen molar-refractivity contribution in [2.45, 2.75) is 38.5 Å². The zero-order valence-electron chi connectivity index (χ0n) is 10.1. The summed E-state index contributed by atoms with van der Waals surface area (Å²) >= 11 is 18.8. The average molecular weight is 292 g/mol. The van der Waals surface area contributed by atoms with Crippen LogP contribution in [0.4, 0.5) is 0 Å². The number of halogens is 3. The maximum atomic E-state index is 6.63. The Morgan fingerprint density at radius 1 is 1.29 bits per heavy atom. The van der Waals surface area contributed by atoms with Gasteiger partial charge in [-0.15, -0.1) is 11.6 Å². The van der Waals surface area contributed by atoms with Gasteiger partial charge in [-0.05, 0) is 41.9 Å². The van der Waals surface area contributed by atoms with E-state index in [-0.39, 0.29) is 5.38 Å². The number of hydrogen-bond acceptors (Lipinski definition) is 0. The lowest BCUT2D eigenvalue weighted by Crippen LogP contribution is -2.21. The van der Waals surface area contributed by atoms with Gasteiger partial charge in [-0.25, -0.2) is 0 Å². The van der Waals surface area contributed by atoms with Gasteiger partial charge < -0.3 is 0 Å². The van der Waals surface area contributed by atoms with Crippen LogP contribution in [0.1, 0.15) is 44.1 Å². The Kier molecular flexibility index (Phi) is 3.97. The Morgan fingerprint density at radius 2 is 2.00 bits per heavy atom. The quantitative estimate of drug-likeness (QED) is 0.578. The molecule has 0 spiro atoms. The SMILES string of the molecule is CC1(C)CCCC1C(Cl)c1ccc(Cl)cc1Cl. The molecule has 1 aromatic carbocycles. The highest BCUT2D eigenvalue weighted by molar-refractivity contribution is 6.35. The fourth-order valence-electron chi connectivity index (χ4n) is 2.84. The predicted molar refractivity (Wildman–Crippen MR) is 76.2 cm³/mol. The molecule has 2 atom stereocenters. The van der Waals surface area contributed by atoms with Gasteiger partial charge in [-0.3, -0.25) is 0 Å². The lowest BCUT2D eigenvalue weighted by molar-refractivity contribution is 0.252. The average Bonchev–Trinajstić information content (AvgIpc) is 2.57. The van der Waals surface area contributed by atoms with Crippen molar-refractivity contribution in [2.75, 3.05) is 0 Å². The smallest absolute Gasteiger partial charge is 0.0633 e. The molecule has 0 nitrogen and oxygen atoms in total. The molecule has 1 aliphatic rings. The lowest BCUT2D eigenvalue weighted by Gasteiger charge is -2.31. The van der Waals surface area contributed by atoms with Gasteiger partial charge in [0.1, 0.15) is 0 Å². The summed E-state index contributed by atoms with van der Waals surface area (Å²) in [6, 6.07) is 5.59. The first-order valence-electron chi connectivity index (χ1n) is 6.01. The number of rotatable bonds is 2. The van der Waals surface area contributed by atoms with E-state index in [4.69, 9.17) is 34.8 Å². The molecule has 0 aliphatic heterocycles. The molecule has 94 valence electrons. The van der Waals surface area contributed by atoms with E-state index in [9.17, 15) is 0 Å². The zero-order chi connectivity index (χ0) is 12.6. The summed E-state index contributed by atoms with van der Waals surface area (Å²) in [4.78, 5) is 0. The molecule has 0 aromatic heterocycles. The van der Waals surface area contributed by atoms with Crippen molar-refractivity contribution in [3.63, 3.8) is 0 Å². The number of hydrogen-bond donors (Lipinski definition) is 0. The molecule has 2 unspecified atom stereocenters. The van der Waals surface area contributed by atoms with Gasteiger partial charge in [0.25, 0.3) is 0 Å². The third-order valence-corrected chi connectivity index (χ3v) is 5.05. The van der Waals surface area contributed by atoms with E-state index in [0.29, 0.717) is 21.4 Å². The van der Waals surface area contributed by atoms with Gasteiger partial charge >= 0.3 is 0 Å². The molecule has 0 bridgehead atoms. The van der Waals surface area contributed by atoms with Crippen LogP contribution in [-0.4, -0.2) is 0 Å². The predicted octanol–water partition coefficient (Wildman–Crippen LogP) is 6.10. The van der Waals surface area contributed by atoms with E-state index in [2.05, 4.69) is 13.8 Å². The molecular weight excluding hydrogens is 275 g/mol. The molecule has 1 aliphatic carbocycles. The lowest BCUT2D eigenvalue weighted by atomic mass is 9.78. The first-order chi connectivity index (χ1) is 7.92. The van der Waals surface area contributed by atoms with Crippen molar-refractivity contribution < 1.29 is 0 Å². The Hall–Kier alpha value is 0.0900. The monoisotopic (exact) mass is 290 g/mol. The molecule has 1 aromatic rings. The molecule has 1 saturated carbocycles. The third-order valence-electron chi connectivity index (χ3n) is 3.95. The van der Waals surface area contributed by atoms with Gasteiger partial charge in [0, 0.05) is 10.0 Å². The van der Waals surface area contributed by atoms with Gasteiger partial charge in [0.2, 0.25) is 0 Å². The number of benzene rings is 1. The van der Waals surface area contributed by atoms with Crippen LogP contribution >= 0.6 is 34.8 Å². The molecule has 0 saturated heterocycles. The molecule has 3 heteroatoms. The summed E-state index contributed by atoms with van der Waals surface area (Å²) < 4.78 is 0. The first kappa shape index (κ1) is 13.5. The topological polar surface area (TPSA) is 0 Å².